The predicted octanol–water partition coefficient (Wildman–Crippen LogP) is 5.83. The summed E-state index contributed by atoms with van der Waals surface area (Å²) in [5.41, 5.74) is 9.77. The molecule has 0 spiro atoms. The minimum absolute atomic E-state index is 0.0816. The van der Waals surface area contributed by atoms with Crippen LogP contribution in [0.1, 0.15) is 20.8 Å². The van der Waals surface area contributed by atoms with Crippen molar-refractivity contribution in [1.29, 1.82) is 0 Å². The first kappa shape index (κ1) is 20.7. The van der Waals surface area contributed by atoms with Gasteiger partial charge >= 0.3 is 0 Å². The number of thiophene rings is 1. The standard InChI is InChI=1S/C24H19ClN2OS2/c25-19-11-9-18(10-12-19)22(28)23-20(26)21(27-14-5-2-6-15-27)24(30-23)29-16-13-17-7-3-1-4-8-17/h1-12,14-15H,13,16H2,(H-,26,28)/p+1. The Balaban J connectivity index is 1.66. The van der Waals surface area contributed by atoms with Gasteiger partial charge in [0, 0.05) is 28.5 Å². The molecule has 0 bridgehead atoms. The molecular formula is C24H20ClN2OS2+. The molecule has 2 aromatic carbocycles. The Kier molecular flexibility index (Phi) is 6.53. The van der Waals surface area contributed by atoms with Crippen LogP contribution < -0.4 is 10.3 Å². The van der Waals surface area contributed by atoms with E-state index in [4.69, 9.17) is 17.3 Å². The number of carbonyl (C=O) groups excluding carboxylic acids is 1. The highest BCUT2D eigenvalue weighted by molar-refractivity contribution is 8.01. The molecule has 2 heterocycles. The Morgan fingerprint density at radius 3 is 2.33 bits per heavy atom. The van der Waals surface area contributed by atoms with Crippen molar-refractivity contribution >= 4 is 46.2 Å². The van der Waals surface area contributed by atoms with Gasteiger partial charge in [-0.2, -0.15) is 4.57 Å². The number of ketones is 1. The smallest absolute Gasteiger partial charge is 0.259 e. The lowest BCUT2D eigenvalue weighted by molar-refractivity contribution is -0.596. The van der Waals surface area contributed by atoms with Crippen LogP contribution in [0, 0.1) is 0 Å². The largest absolute Gasteiger partial charge is 0.392 e. The molecule has 0 fully saturated rings. The molecule has 4 rings (SSSR count). The molecule has 0 unspecified atom stereocenters. The molecule has 0 radical (unpaired) electrons. The van der Waals surface area contributed by atoms with Gasteiger partial charge in [0.15, 0.2) is 12.4 Å². The van der Waals surface area contributed by atoms with Crippen LogP contribution in [-0.4, -0.2) is 11.5 Å². The zero-order chi connectivity index (χ0) is 20.9. The first-order chi connectivity index (χ1) is 14.6. The maximum absolute atomic E-state index is 13.1. The lowest BCUT2D eigenvalue weighted by Gasteiger charge is -2.01. The number of nitrogen functional groups attached to an aromatic ring is 1. The molecule has 6 heteroatoms. The Hall–Kier alpha value is -2.60. The predicted molar refractivity (Wildman–Crippen MR) is 126 cm³/mol. The van der Waals surface area contributed by atoms with Gasteiger partial charge in [0.1, 0.15) is 14.8 Å². The summed E-state index contributed by atoms with van der Waals surface area (Å²) in [5.74, 6) is 0.820. The van der Waals surface area contributed by atoms with Crippen LogP contribution in [0.5, 0.6) is 0 Å². The maximum Gasteiger partial charge on any atom is 0.259 e. The summed E-state index contributed by atoms with van der Waals surface area (Å²) in [4.78, 5) is 13.7. The Bertz CT molecular complexity index is 1140. The van der Waals surface area contributed by atoms with Crippen LogP contribution in [0.2, 0.25) is 5.02 Å². The number of carbonyl (C=O) groups is 1. The van der Waals surface area contributed by atoms with Crippen molar-refractivity contribution < 1.29 is 9.36 Å². The molecule has 0 amide bonds. The number of anilines is 1. The van der Waals surface area contributed by atoms with Gasteiger partial charge in [0.2, 0.25) is 5.78 Å². The highest BCUT2D eigenvalue weighted by atomic mass is 35.5. The van der Waals surface area contributed by atoms with E-state index in [1.165, 1.54) is 16.9 Å². The second-order valence-corrected chi connectivity index (χ2v) is 9.50. The number of nitrogens with zero attached hydrogens (tertiary/aromatic N) is 1. The molecular weight excluding hydrogens is 432 g/mol. The molecule has 150 valence electrons. The fourth-order valence-electron chi connectivity index (χ4n) is 3.11. The van der Waals surface area contributed by atoms with Crippen molar-refractivity contribution in [2.24, 2.45) is 0 Å². The van der Waals surface area contributed by atoms with E-state index in [2.05, 4.69) is 24.3 Å². The minimum atomic E-state index is -0.0816. The van der Waals surface area contributed by atoms with Crippen LogP contribution in [0.4, 0.5) is 5.69 Å². The molecule has 0 atom stereocenters. The van der Waals surface area contributed by atoms with Crippen LogP contribution in [0.25, 0.3) is 5.69 Å². The molecule has 4 aromatic rings. The van der Waals surface area contributed by atoms with Crippen molar-refractivity contribution in [3.63, 3.8) is 0 Å². The molecule has 2 N–H and O–H groups in total. The van der Waals surface area contributed by atoms with E-state index in [0.29, 0.717) is 21.2 Å². The van der Waals surface area contributed by atoms with Gasteiger partial charge in [-0.1, -0.05) is 48.0 Å². The third-order valence-corrected chi connectivity index (χ3v) is 7.35. The fraction of sp³-hybridized carbons (Fsp3) is 0.0833. The summed E-state index contributed by atoms with van der Waals surface area (Å²) in [7, 11) is 0. The van der Waals surface area contributed by atoms with Gasteiger partial charge in [0.25, 0.3) is 5.69 Å². The van der Waals surface area contributed by atoms with Crippen molar-refractivity contribution in [2.75, 3.05) is 11.5 Å². The number of aryl methyl sites for hydroxylation is 1. The van der Waals surface area contributed by atoms with Crippen molar-refractivity contribution in [3.05, 3.63) is 106 Å². The highest BCUT2D eigenvalue weighted by Crippen LogP contribution is 2.40. The second kappa shape index (κ2) is 9.47. The first-order valence-electron chi connectivity index (χ1n) is 9.49. The SMILES string of the molecule is Nc1c(C(=O)c2ccc(Cl)cc2)sc(SCCc2ccccc2)c1-[n+]1ccccc1. The van der Waals surface area contributed by atoms with Crippen molar-refractivity contribution in [2.45, 2.75) is 10.6 Å². The van der Waals surface area contributed by atoms with E-state index < -0.39 is 0 Å². The third-order valence-electron chi connectivity index (χ3n) is 4.64. The van der Waals surface area contributed by atoms with E-state index in [0.717, 1.165) is 22.1 Å². The number of nitrogens with two attached hydrogens (primary N) is 1. The Morgan fingerprint density at radius 2 is 1.63 bits per heavy atom. The second-order valence-electron chi connectivity index (χ2n) is 6.68. The lowest BCUT2D eigenvalue weighted by atomic mass is 10.1. The van der Waals surface area contributed by atoms with E-state index in [-0.39, 0.29) is 5.78 Å². The highest BCUT2D eigenvalue weighted by Gasteiger charge is 2.28. The topological polar surface area (TPSA) is 47.0 Å². The van der Waals surface area contributed by atoms with Crippen LogP contribution in [0.15, 0.2) is 89.4 Å². The zero-order valence-electron chi connectivity index (χ0n) is 16.1. The van der Waals surface area contributed by atoms with Gasteiger partial charge < -0.3 is 5.73 Å². The average Bonchev–Trinajstić information content (AvgIpc) is 3.11. The number of aromatic nitrogens is 1. The average molecular weight is 452 g/mol. The summed E-state index contributed by atoms with van der Waals surface area (Å²) in [6.07, 6.45) is 4.86. The van der Waals surface area contributed by atoms with Crippen LogP contribution >= 0.6 is 34.7 Å². The monoisotopic (exact) mass is 451 g/mol. The summed E-state index contributed by atoms with van der Waals surface area (Å²) >= 11 is 9.16. The molecule has 0 aliphatic heterocycles. The molecule has 0 saturated heterocycles. The summed E-state index contributed by atoms with van der Waals surface area (Å²) in [6.45, 7) is 0. The molecule has 3 nitrogen and oxygen atoms in total. The van der Waals surface area contributed by atoms with Crippen molar-refractivity contribution in [3.8, 4) is 5.69 Å². The molecule has 2 aromatic heterocycles. The van der Waals surface area contributed by atoms with Gasteiger partial charge in [-0.05, 0) is 36.2 Å². The van der Waals surface area contributed by atoms with E-state index in [1.54, 1.807) is 36.0 Å². The Morgan fingerprint density at radius 1 is 0.967 bits per heavy atom. The summed E-state index contributed by atoms with van der Waals surface area (Å²) < 4.78 is 3.02. The van der Waals surface area contributed by atoms with Crippen LogP contribution in [0.3, 0.4) is 0 Å². The van der Waals surface area contributed by atoms with Gasteiger partial charge in [-0.25, -0.2) is 0 Å². The normalized spacial score (nSPS) is 10.8. The van der Waals surface area contributed by atoms with Crippen molar-refractivity contribution in [1.82, 2.24) is 0 Å². The first-order valence-corrected chi connectivity index (χ1v) is 11.7. The van der Waals surface area contributed by atoms with Gasteiger partial charge in [-0.15, -0.1) is 23.1 Å². The molecule has 0 aliphatic rings. The Labute approximate surface area is 189 Å². The number of benzene rings is 2. The van der Waals surface area contributed by atoms with E-state index in [1.807, 2.05) is 41.2 Å². The number of hydrogen-bond acceptors (Lipinski definition) is 4. The molecule has 0 saturated carbocycles. The quantitative estimate of drug-likeness (QED) is 0.218. The summed E-state index contributed by atoms with van der Waals surface area (Å²) in [5, 5.41) is 0.600. The third kappa shape index (κ3) is 4.59. The maximum atomic E-state index is 13.1. The van der Waals surface area contributed by atoms with E-state index in [9.17, 15) is 4.79 Å². The zero-order valence-corrected chi connectivity index (χ0v) is 18.5. The molecule has 30 heavy (non-hydrogen) atoms. The lowest BCUT2D eigenvalue weighted by Crippen LogP contribution is -2.30. The molecule has 0 aliphatic carbocycles. The van der Waals surface area contributed by atoms with E-state index >= 15 is 0 Å². The summed E-state index contributed by atoms with van der Waals surface area (Å²) in [6, 6.07) is 23.2. The number of halogens is 1. The number of rotatable bonds is 7. The number of pyridine rings is 1. The van der Waals surface area contributed by atoms with Crippen LogP contribution in [-0.2, 0) is 6.42 Å². The number of hydrogen-bond donors (Lipinski definition) is 1. The fourth-order valence-corrected chi connectivity index (χ4v) is 5.76. The van der Waals surface area contributed by atoms with Gasteiger partial charge in [-0.3, -0.25) is 4.79 Å². The van der Waals surface area contributed by atoms with Gasteiger partial charge in [0.05, 0.1) is 0 Å². The number of thioether (sulfide) groups is 1. The minimum Gasteiger partial charge on any atom is -0.392 e.